The van der Waals surface area contributed by atoms with Gasteiger partial charge in [0.2, 0.25) is 0 Å². The molecule has 24 heavy (non-hydrogen) atoms. The Hall–Kier alpha value is -3.01. The average molecular weight is 343 g/mol. The summed E-state index contributed by atoms with van der Waals surface area (Å²) in [7, 11) is 0. The first-order chi connectivity index (χ1) is 11.0. The van der Waals surface area contributed by atoms with E-state index in [1.54, 1.807) is 26.2 Å². The molecule has 0 bridgehead atoms. The van der Waals surface area contributed by atoms with Crippen LogP contribution in [0.25, 0.3) is 5.53 Å². The Bertz CT molecular complexity index is 548. The minimum absolute atomic E-state index is 0.0860. The quantitative estimate of drug-likeness (QED) is 0.102. The van der Waals surface area contributed by atoms with Crippen LogP contribution in [0.3, 0.4) is 0 Å². The molecule has 4 N–H and O–H groups in total. The highest BCUT2D eigenvalue weighted by Gasteiger charge is 2.24. The van der Waals surface area contributed by atoms with Crippen LogP contribution in [0.5, 0.6) is 0 Å². The number of nitrogens with one attached hydrogen (secondary N) is 2. The summed E-state index contributed by atoms with van der Waals surface area (Å²) in [5, 5.41) is 11.6. The van der Waals surface area contributed by atoms with Crippen molar-refractivity contribution < 1.29 is 24.1 Å². The molecular formula is C12H21N7O5. The van der Waals surface area contributed by atoms with Crippen LogP contribution < -0.4 is 16.5 Å². The summed E-state index contributed by atoms with van der Waals surface area (Å²) < 4.78 is 5.04. The number of nitro groups is 1. The third kappa shape index (κ3) is 10.7. The standard InChI is InChI=1S/C12H21N7O5/c1-12(2,3)24-11(21)17-8(9(20)7-16-14)5-4-6-15-10(13)18-19(22)23/h7-8H,4-6H2,1-3H3,(H,17,21)(H3,13,15,18)/t8-/m0/s1. The lowest BCUT2D eigenvalue weighted by Gasteiger charge is -2.22. The Morgan fingerprint density at radius 1 is 1.50 bits per heavy atom. The van der Waals surface area contributed by atoms with Gasteiger partial charge >= 0.3 is 12.3 Å². The summed E-state index contributed by atoms with van der Waals surface area (Å²) in [6, 6.07) is -0.990. The zero-order valence-electron chi connectivity index (χ0n) is 13.7. The number of hydrogen-bond acceptors (Lipinski definition) is 6. The molecule has 0 aliphatic rings. The SMILES string of the molecule is CC(C)(C)OC(=O)N[C@@H](CCCN=C(N)N[N+](=O)[O-])C(=O)C=[N+]=[N-]. The fourth-order valence-electron chi connectivity index (χ4n) is 1.51. The van der Waals surface area contributed by atoms with Gasteiger partial charge < -0.3 is 21.3 Å². The van der Waals surface area contributed by atoms with Gasteiger partial charge in [0.15, 0.2) is 5.03 Å². The number of nitrogens with zero attached hydrogens (tertiary/aromatic N) is 4. The molecule has 134 valence electrons. The van der Waals surface area contributed by atoms with Crippen LogP contribution in [0.1, 0.15) is 33.6 Å². The molecule has 0 aliphatic carbocycles. The first-order valence-corrected chi connectivity index (χ1v) is 6.97. The lowest BCUT2D eigenvalue weighted by Crippen LogP contribution is -2.44. The predicted octanol–water partition coefficient (Wildman–Crippen LogP) is -0.374. The molecule has 1 atom stereocenters. The molecule has 0 spiro atoms. The molecule has 1 amide bonds. The summed E-state index contributed by atoms with van der Waals surface area (Å²) in [5.41, 5.74) is 14.6. The molecule has 0 saturated heterocycles. The largest absolute Gasteiger partial charge is 0.444 e. The molecule has 0 aromatic heterocycles. The number of carbonyl (C=O) groups is 2. The molecule has 0 aromatic carbocycles. The Morgan fingerprint density at radius 3 is 2.62 bits per heavy atom. The number of Topliss-reactive ketones (excluding diaryl/α,β-unsaturated/α-hetero) is 1. The monoisotopic (exact) mass is 343 g/mol. The van der Waals surface area contributed by atoms with E-state index < -0.39 is 28.6 Å². The lowest BCUT2D eigenvalue weighted by molar-refractivity contribution is -0.525. The highest BCUT2D eigenvalue weighted by Crippen LogP contribution is 2.08. The van der Waals surface area contributed by atoms with Crippen molar-refractivity contribution in [2.24, 2.45) is 10.7 Å². The first-order valence-electron chi connectivity index (χ1n) is 6.97. The lowest BCUT2D eigenvalue weighted by atomic mass is 10.1. The maximum atomic E-state index is 11.8. The number of guanidine groups is 1. The van der Waals surface area contributed by atoms with E-state index in [9.17, 15) is 19.7 Å². The molecule has 0 aliphatic heterocycles. The first kappa shape index (κ1) is 21.0. The van der Waals surface area contributed by atoms with Gasteiger partial charge in [-0.2, -0.15) is 4.79 Å². The van der Waals surface area contributed by atoms with Gasteiger partial charge in [0.05, 0.1) is 0 Å². The van der Waals surface area contributed by atoms with E-state index in [4.69, 9.17) is 16.0 Å². The molecule has 0 heterocycles. The van der Waals surface area contributed by atoms with Gasteiger partial charge in [-0.25, -0.2) is 19.9 Å². The number of carbonyl (C=O) groups excluding carboxylic acids is 2. The molecule has 12 nitrogen and oxygen atoms in total. The molecule has 12 heteroatoms. The van der Waals surface area contributed by atoms with Gasteiger partial charge in [0.25, 0.3) is 11.7 Å². The van der Waals surface area contributed by atoms with E-state index in [1.165, 1.54) is 0 Å². The molecule has 0 unspecified atom stereocenters. The second kappa shape index (κ2) is 9.90. The van der Waals surface area contributed by atoms with Gasteiger partial charge in [0.1, 0.15) is 11.6 Å². The van der Waals surface area contributed by atoms with Gasteiger partial charge in [0, 0.05) is 6.54 Å². The smallest absolute Gasteiger partial charge is 0.408 e. The highest BCUT2D eigenvalue weighted by molar-refractivity contribution is 6.28. The van der Waals surface area contributed by atoms with Crippen LogP contribution >= 0.6 is 0 Å². The zero-order valence-corrected chi connectivity index (χ0v) is 13.7. The van der Waals surface area contributed by atoms with Crippen molar-refractivity contribution in [1.29, 1.82) is 0 Å². The van der Waals surface area contributed by atoms with Crippen molar-refractivity contribution in [2.45, 2.75) is 45.3 Å². The Morgan fingerprint density at radius 2 is 2.12 bits per heavy atom. The van der Waals surface area contributed by atoms with Crippen molar-refractivity contribution >= 4 is 24.1 Å². The topological polar surface area (TPSA) is 185 Å². The molecule has 0 fully saturated rings. The molecular weight excluding hydrogens is 322 g/mol. The maximum absolute atomic E-state index is 11.8. The Kier molecular flexibility index (Phi) is 8.65. The summed E-state index contributed by atoms with van der Waals surface area (Å²) >= 11 is 0. The number of nitrogens with two attached hydrogens (primary N) is 1. The number of aliphatic imine (C=N–C) groups is 1. The summed E-state index contributed by atoms with van der Waals surface area (Å²) in [4.78, 5) is 39.9. The number of ether oxygens (including phenoxy) is 1. The van der Waals surface area contributed by atoms with Crippen LogP contribution in [-0.2, 0) is 9.53 Å². The number of alkyl carbamates (subject to hydrolysis) is 1. The number of amides is 1. The number of hydrazine groups is 1. The van der Waals surface area contributed by atoms with E-state index in [-0.39, 0.29) is 25.3 Å². The number of rotatable bonds is 8. The Balaban J connectivity index is 4.63. The molecule has 0 radical (unpaired) electrons. The third-order valence-electron chi connectivity index (χ3n) is 2.36. The van der Waals surface area contributed by atoms with Crippen molar-refractivity contribution in [3.63, 3.8) is 0 Å². The minimum atomic E-state index is -0.990. The van der Waals surface area contributed by atoms with Gasteiger partial charge in [-0.05, 0) is 33.6 Å². The Labute approximate surface area is 138 Å². The van der Waals surface area contributed by atoms with E-state index in [0.29, 0.717) is 6.21 Å². The van der Waals surface area contributed by atoms with E-state index in [0.717, 1.165) is 0 Å². The molecule has 0 saturated carbocycles. The van der Waals surface area contributed by atoms with Crippen LogP contribution in [0, 0.1) is 10.1 Å². The van der Waals surface area contributed by atoms with Crippen LogP contribution in [0.2, 0.25) is 0 Å². The maximum Gasteiger partial charge on any atom is 0.408 e. The number of ketones is 1. The summed E-state index contributed by atoms with van der Waals surface area (Å²) in [5.74, 6) is -1.01. The second-order valence-corrected chi connectivity index (χ2v) is 5.62. The van der Waals surface area contributed by atoms with Gasteiger partial charge in [-0.15, -0.1) is 0 Å². The molecule has 0 aromatic rings. The fourth-order valence-corrected chi connectivity index (χ4v) is 1.51. The molecule has 0 rings (SSSR count). The summed E-state index contributed by atoms with van der Waals surface area (Å²) in [6.45, 7) is 5.08. The van der Waals surface area contributed by atoms with Gasteiger partial charge in [-0.1, -0.05) is 5.43 Å². The minimum Gasteiger partial charge on any atom is -0.444 e. The van der Waals surface area contributed by atoms with Gasteiger partial charge in [-0.3, -0.25) is 4.79 Å². The third-order valence-corrected chi connectivity index (χ3v) is 2.36. The van der Waals surface area contributed by atoms with Crippen molar-refractivity contribution in [1.82, 2.24) is 10.7 Å². The van der Waals surface area contributed by atoms with Crippen LogP contribution in [0.4, 0.5) is 4.79 Å². The van der Waals surface area contributed by atoms with Crippen molar-refractivity contribution in [3.05, 3.63) is 15.6 Å². The average Bonchev–Trinajstić information content (AvgIpc) is 2.39. The van der Waals surface area contributed by atoms with E-state index in [1.807, 2.05) is 0 Å². The van der Waals surface area contributed by atoms with Crippen LogP contribution in [-0.4, -0.2) is 52.1 Å². The zero-order chi connectivity index (χ0) is 18.8. The van der Waals surface area contributed by atoms with Crippen molar-refractivity contribution in [2.75, 3.05) is 6.54 Å². The van der Waals surface area contributed by atoms with E-state index in [2.05, 4.69) is 15.1 Å². The van der Waals surface area contributed by atoms with Crippen molar-refractivity contribution in [3.8, 4) is 0 Å². The highest BCUT2D eigenvalue weighted by atomic mass is 16.7. The predicted molar refractivity (Wildman–Crippen MR) is 83.7 cm³/mol. The number of hydrogen-bond donors (Lipinski definition) is 3. The second-order valence-electron chi connectivity index (χ2n) is 5.62. The normalized spacial score (nSPS) is 12.5. The van der Waals surface area contributed by atoms with Crippen LogP contribution in [0.15, 0.2) is 4.99 Å². The summed E-state index contributed by atoms with van der Waals surface area (Å²) in [6.07, 6.45) is 0.281. The fraction of sp³-hybridized carbons (Fsp3) is 0.667. The van der Waals surface area contributed by atoms with E-state index >= 15 is 0 Å².